The quantitative estimate of drug-likeness (QED) is 0.127. The van der Waals surface area contributed by atoms with Crippen LogP contribution in [0.2, 0.25) is 18.1 Å². The van der Waals surface area contributed by atoms with Gasteiger partial charge in [0.05, 0.1) is 0 Å². The highest BCUT2D eigenvalue weighted by Gasteiger charge is 2.36. The fraction of sp³-hybridized carbons (Fsp3) is 0.962. The van der Waals surface area contributed by atoms with E-state index < -0.39 is 14.9 Å². The maximum absolute atomic E-state index is 12.1. The first-order chi connectivity index (χ1) is 14.6. The molecule has 0 aromatic rings. The number of carbonyl (C=O) groups is 1. The Bertz CT molecular complexity index is 332. The van der Waals surface area contributed by atoms with E-state index in [4.69, 9.17) is 4.43 Å². The Kier molecular flexibility index (Phi) is 21.6. The third-order valence-electron chi connectivity index (χ3n) is 6.42. The summed E-state index contributed by atoms with van der Waals surface area (Å²) in [6.45, 7) is 6.31. The number of aliphatic hydroxyl groups is 1. The lowest BCUT2D eigenvalue weighted by molar-refractivity contribution is -0.138. The largest absolute Gasteiger partial charge is 0.517 e. The summed E-state index contributed by atoms with van der Waals surface area (Å²) in [4.78, 5) is 12.1. The number of hydrogen-bond acceptors (Lipinski definition) is 3. The summed E-state index contributed by atoms with van der Waals surface area (Å²) in [7, 11) is -2.09. The number of rotatable bonds is 23. The summed E-state index contributed by atoms with van der Waals surface area (Å²) >= 11 is 0. The van der Waals surface area contributed by atoms with Crippen molar-refractivity contribution < 1.29 is 14.3 Å². The third kappa shape index (κ3) is 17.3. The Hall–Kier alpha value is -0.353. The van der Waals surface area contributed by atoms with Gasteiger partial charge in [-0.1, -0.05) is 136 Å². The van der Waals surface area contributed by atoms with Crippen LogP contribution in [0.25, 0.3) is 0 Å². The molecule has 3 nitrogen and oxygen atoms in total. The zero-order chi connectivity index (χ0) is 22.3. The SMILES string of the molecule is CCCCCCCC[Si](CCCCCCCC)(CCCCCCCC)OC(=O)CO. The van der Waals surface area contributed by atoms with Crippen LogP contribution < -0.4 is 0 Å². The molecule has 180 valence electrons. The number of unbranched alkanes of at least 4 members (excludes halogenated alkanes) is 15. The van der Waals surface area contributed by atoms with Gasteiger partial charge in [0.15, 0.2) is 0 Å². The van der Waals surface area contributed by atoms with Gasteiger partial charge < -0.3 is 9.53 Å². The molecule has 0 amide bonds. The van der Waals surface area contributed by atoms with Crippen molar-refractivity contribution in [3.05, 3.63) is 0 Å². The first-order valence-corrected chi connectivity index (χ1v) is 16.0. The summed E-state index contributed by atoms with van der Waals surface area (Å²) in [6, 6.07) is 3.32. The van der Waals surface area contributed by atoms with Crippen LogP contribution in [0.15, 0.2) is 0 Å². The zero-order valence-electron chi connectivity index (χ0n) is 20.8. The average molecular weight is 443 g/mol. The highest BCUT2D eigenvalue weighted by atomic mass is 28.4. The molecule has 30 heavy (non-hydrogen) atoms. The molecule has 0 fully saturated rings. The molecule has 4 heteroatoms. The van der Waals surface area contributed by atoms with Crippen molar-refractivity contribution in [3.63, 3.8) is 0 Å². The van der Waals surface area contributed by atoms with Gasteiger partial charge in [0.1, 0.15) is 6.61 Å². The van der Waals surface area contributed by atoms with Crippen LogP contribution in [0.1, 0.15) is 136 Å². The molecular weight excluding hydrogens is 388 g/mol. The van der Waals surface area contributed by atoms with E-state index in [9.17, 15) is 9.90 Å². The van der Waals surface area contributed by atoms with E-state index in [-0.39, 0.29) is 5.97 Å². The van der Waals surface area contributed by atoms with Crippen LogP contribution in [-0.2, 0) is 9.22 Å². The number of aliphatic hydroxyl groups excluding tert-OH is 1. The minimum absolute atomic E-state index is 0.371. The van der Waals surface area contributed by atoms with E-state index in [1.54, 1.807) is 0 Å². The van der Waals surface area contributed by atoms with Crippen molar-refractivity contribution >= 4 is 14.3 Å². The molecule has 0 saturated carbocycles. The summed E-state index contributed by atoms with van der Waals surface area (Å²) in [5, 5.41) is 9.35. The van der Waals surface area contributed by atoms with Crippen LogP contribution in [-0.4, -0.2) is 26.0 Å². The van der Waals surface area contributed by atoms with Gasteiger partial charge in [0.25, 0.3) is 8.32 Å². The highest BCUT2D eigenvalue weighted by Crippen LogP contribution is 2.31. The summed E-state index contributed by atoms with van der Waals surface area (Å²) in [5.41, 5.74) is 0. The van der Waals surface area contributed by atoms with E-state index in [1.165, 1.54) is 116 Å². The summed E-state index contributed by atoms with van der Waals surface area (Å²) in [6.07, 6.45) is 23.1. The van der Waals surface area contributed by atoms with Crippen molar-refractivity contribution in [1.29, 1.82) is 0 Å². The Morgan fingerprint density at radius 3 is 1.17 bits per heavy atom. The molecule has 0 unspecified atom stereocenters. The topological polar surface area (TPSA) is 46.5 Å². The molecule has 0 saturated heterocycles. The Morgan fingerprint density at radius 1 is 0.567 bits per heavy atom. The number of hydrogen-bond donors (Lipinski definition) is 1. The summed E-state index contributed by atoms with van der Waals surface area (Å²) < 4.78 is 6.12. The predicted octanol–water partition coefficient (Wildman–Crippen LogP) is 8.55. The molecular formula is C26H54O3Si. The maximum atomic E-state index is 12.1. The normalized spacial score (nSPS) is 11.7. The Balaban J connectivity index is 4.72. The molecule has 0 rings (SSSR count). The molecule has 0 bridgehead atoms. The lowest BCUT2D eigenvalue weighted by Gasteiger charge is -2.31. The molecule has 0 aromatic heterocycles. The van der Waals surface area contributed by atoms with E-state index in [0.29, 0.717) is 0 Å². The summed E-state index contributed by atoms with van der Waals surface area (Å²) in [5.74, 6) is -0.371. The fourth-order valence-corrected chi connectivity index (χ4v) is 8.77. The highest BCUT2D eigenvalue weighted by molar-refractivity contribution is 6.75. The van der Waals surface area contributed by atoms with Crippen molar-refractivity contribution in [2.24, 2.45) is 0 Å². The van der Waals surface area contributed by atoms with Gasteiger partial charge in [0, 0.05) is 0 Å². The Labute approximate surface area is 189 Å². The Morgan fingerprint density at radius 2 is 0.867 bits per heavy atom. The molecule has 0 aliphatic rings. The van der Waals surface area contributed by atoms with Crippen molar-refractivity contribution in [1.82, 2.24) is 0 Å². The van der Waals surface area contributed by atoms with Gasteiger partial charge in [0.2, 0.25) is 0 Å². The lowest BCUT2D eigenvalue weighted by atomic mass is 10.1. The van der Waals surface area contributed by atoms with E-state index in [2.05, 4.69) is 20.8 Å². The van der Waals surface area contributed by atoms with Crippen LogP contribution in [0.4, 0.5) is 0 Å². The van der Waals surface area contributed by atoms with Crippen LogP contribution in [0, 0.1) is 0 Å². The first kappa shape index (κ1) is 29.6. The smallest absolute Gasteiger partial charge is 0.318 e. The molecule has 0 aliphatic carbocycles. The minimum Gasteiger partial charge on any atom is -0.517 e. The molecule has 0 spiro atoms. The van der Waals surface area contributed by atoms with Gasteiger partial charge >= 0.3 is 5.97 Å². The molecule has 0 atom stereocenters. The van der Waals surface area contributed by atoms with Crippen molar-refractivity contribution in [2.45, 2.75) is 154 Å². The van der Waals surface area contributed by atoms with Gasteiger partial charge in [-0.2, -0.15) is 0 Å². The fourth-order valence-electron chi connectivity index (χ4n) is 4.48. The average Bonchev–Trinajstić information content (AvgIpc) is 2.75. The van der Waals surface area contributed by atoms with E-state index in [1.807, 2.05) is 0 Å². The second-order valence-electron chi connectivity index (χ2n) is 9.37. The van der Waals surface area contributed by atoms with E-state index in [0.717, 1.165) is 18.1 Å². The third-order valence-corrected chi connectivity index (χ3v) is 10.9. The lowest BCUT2D eigenvalue weighted by Crippen LogP contribution is -2.41. The van der Waals surface area contributed by atoms with Gasteiger partial charge in [-0.25, -0.2) is 0 Å². The first-order valence-electron chi connectivity index (χ1n) is 13.5. The van der Waals surface area contributed by atoms with Gasteiger partial charge in [-0.05, 0) is 18.1 Å². The zero-order valence-corrected chi connectivity index (χ0v) is 21.8. The number of carbonyl (C=O) groups excluding carboxylic acids is 1. The minimum atomic E-state index is -2.09. The van der Waals surface area contributed by atoms with Crippen LogP contribution in [0.3, 0.4) is 0 Å². The molecule has 0 aromatic carbocycles. The van der Waals surface area contributed by atoms with E-state index >= 15 is 0 Å². The molecule has 0 radical (unpaired) electrons. The molecule has 0 heterocycles. The monoisotopic (exact) mass is 442 g/mol. The second kappa shape index (κ2) is 21.9. The molecule has 0 aliphatic heterocycles. The van der Waals surface area contributed by atoms with Crippen molar-refractivity contribution in [3.8, 4) is 0 Å². The van der Waals surface area contributed by atoms with Gasteiger partial charge in [-0.3, -0.25) is 4.79 Å². The van der Waals surface area contributed by atoms with Gasteiger partial charge in [-0.15, -0.1) is 0 Å². The standard InChI is InChI=1S/C26H54O3Si/c1-4-7-10-13-16-19-22-30(29-26(28)25-27,23-20-17-14-11-8-5-2)24-21-18-15-12-9-6-3/h27H,4-25H2,1-3H3. The van der Waals surface area contributed by atoms with Crippen LogP contribution in [0.5, 0.6) is 0 Å². The maximum Gasteiger partial charge on any atom is 0.318 e. The van der Waals surface area contributed by atoms with Crippen LogP contribution >= 0.6 is 0 Å². The predicted molar refractivity (Wildman–Crippen MR) is 133 cm³/mol. The molecule has 1 N–H and O–H groups in total. The van der Waals surface area contributed by atoms with Crippen molar-refractivity contribution in [2.75, 3.05) is 6.61 Å². The second-order valence-corrected chi connectivity index (χ2v) is 13.4.